The molecular formula is C12H20N4O2S. The number of hydrogen-bond acceptors (Lipinski definition) is 5. The van der Waals surface area contributed by atoms with Crippen LogP contribution in [-0.4, -0.2) is 49.6 Å². The van der Waals surface area contributed by atoms with Crippen LogP contribution in [0.5, 0.6) is 0 Å². The second-order valence-electron chi connectivity index (χ2n) is 4.01. The number of carbonyl (C=O) groups excluding carboxylic acids is 1. The molecule has 1 aromatic rings. The van der Waals surface area contributed by atoms with Crippen molar-refractivity contribution < 1.29 is 9.53 Å². The largest absolute Gasteiger partial charge is 0.469 e. The van der Waals surface area contributed by atoms with Crippen molar-refractivity contribution in [2.75, 3.05) is 27.7 Å². The Labute approximate surface area is 117 Å². The molecule has 0 amide bonds. The van der Waals surface area contributed by atoms with Gasteiger partial charge in [0.1, 0.15) is 0 Å². The lowest BCUT2D eigenvalue weighted by molar-refractivity contribution is -0.140. The fourth-order valence-corrected chi connectivity index (χ4v) is 2.17. The molecule has 1 aromatic heterocycles. The number of hydrogen-bond donors (Lipinski definition) is 1. The number of aliphatic imine (C=N–C) groups is 1. The summed E-state index contributed by atoms with van der Waals surface area (Å²) in [4.78, 5) is 21.6. The monoisotopic (exact) mass is 284 g/mol. The van der Waals surface area contributed by atoms with Crippen LogP contribution in [0, 0.1) is 6.92 Å². The van der Waals surface area contributed by atoms with E-state index in [2.05, 4.69) is 20.0 Å². The number of carbonyl (C=O) groups is 1. The smallest absolute Gasteiger partial charge is 0.307 e. The third kappa shape index (κ3) is 5.25. The summed E-state index contributed by atoms with van der Waals surface area (Å²) in [6.07, 6.45) is 0.319. The number of ether oxygens (including phenoxy) is 1. The number of aromatic nitrogens is 1. The molecule has 0 aliphatic carbocycles. The van der Waals surface area contributed by atoms with Gasteiger partial charge >= 0.3 is 5.97 Å². The molecule has 0 aliphatic heterocycles. The summed E-state index contributed by atoms with van der Waals surface area (Å²) >= 11 is 1.63. The lowest BCUT2D eigenvalue weighted by atomic mass is 10.4. The SMILES string of the molecule is CN=C(NCCC(=O)OC)N(C)Cc1csc(C)n1. The molecule has 0 atom stereocenters. The summed E-state index contributed by atoms with van der Waals surface area (Å²) in [6, 6.07) is 0. The quantitative estimate of drug-likeness (QED) is 0.497. The molecule has 106 valence electrons. The zero-order valence-electron chi connectivity index (χ0n) is 11.8. The van der Waals surface area contributed by atoms with Crippen LogP contribution in [0.15, 0.2) is 10.4 Å². The van der Waals surface area contributed by atoms with Crippen molar-refractivity contribution in [1.29, 1.82) is 0 Å². The van der Waals surface area contributed by atoms with Crippen LogP contribution >= 0.6 is 11.3 Å². The van der Waals surface area contributed by atoms with Crippen molar-refractivity contribution in [2.24, 2.45) is 4.99 Å². The van der Waals surface area contributed by atoms with Gasteiger partial charge in [0, 0.05) is 26.0 Å². The predicted molar refractivity (Wildman–Crippen MR) is 76.3 cm³/mol. The van der Waals surface area contributed by atoms with E-state index in [4.69, 9.17) is 0 Å². The van der Waals surface area contributed by atoms with Gasteiger partial charge in [0.05, 0.1) is 30.8 Å². The highest BCUT2D eigenvalue weighted by Gasteiger charge is 2.09. The van der Waals surface area contributed by atoms with Crippen LogP contribution in [0.4, 0.5) is 0 Å². The van der Waals surface area contributed by atoms with E-state index in [-0.39, 0.29) is 5.97 Å². The number of guanidine groups is 1. The highest BCUT2D eigenvalue weighted by atomic mass is 32.1. The van der Waals surface area contributed by atoms with Crippen molar-refractivity contribution in [1.82, 2.24) is 15.2 Å². The zero-order chi connectivity index (χ0) is 14.3. The molecule has 0 saturated heterocycles. The highest BCUT2D eigenvalue weighted by Crippen LogP contribution is 2.09. The number of methoxy groups -OCH3 is 1. The van der Waals surface area contributed by atoms with Crippen LogP contribution in [-0.2, 0) is 16.1 Å². The zero-order valence-corrected chi connectivity index (χ0v) is 12.6. The second kappa shape index (κ2) is 7.73. The summed E-state index contributed by atoms with van der Waals surface area (Å²) in [5, 5.41) is 6.20. The highest BCUT2D eigenvalue weighted by molar-refractivity contribution is 7.09. The van der Waals surface area contributed by atoms with Crippen molar-refractivity contribution in [3.05, 3.63) is 16.1 Å². The first-order chi connectivity index (χ1) is 9.06. The number of rotatable bonds is 5. The number of nitrogens with one attached hydrogen (secondary N) is 1. The van der Waals surface area contributed by atoms with Crippen LogP contribution < -0.4 is 5.32 Å². The lowest BCUT2D eigenvalue weighted by Gasteiger charge is -2.20. The average Bonchev–Trinajstić information content (AvgIpc) is 2.79. The molecule has 0 fully saturated rings. The Morgan fingerprint density at radius 1 is 1.63 bits per heavy atom. The van der Waals surface area contributed by atoms with Gasteiger partial charge in [-0.05, 0) is 6.92 Å². The topological polar surface area (TPSA) is 66.8 Å². The number of aryl methyl sites for hydroxylation is 1. The van der Waals surface area contributed by atoms with E-state index in [9.17, 15) is 4.79 Å². The number of esters is 1. The predicted octanol–water partition coefficient (Wildman–Crippen LogP) is 1.02. The van der Waals surface area contributed by atoms with E-state index < -0.39 is 0 Å². The molecule has 0 spiro atoms. The molecule has 0 unspecified atom stereocenters. The normalized spacial score (nSPS) is 11.3. The molecule has 1 N–H and O–H groups in total. The maximum atomic E-state index is 11.0. The molecule has 6 nitrogen and oxygen atoms in total. The summed E-state index contributed by atoms with van der Waals surface area (Å²) in [5.41, 5.74) is 1.01. The molecule has 0 saturated carbocycles. The van der Waals surface area contributed by atoms with Crippen LogP contribution in [0.25, 0.3) is 0 Å². The molecule has 0 radical (unpaired) electrons. The van der Waals surface area contributed by atoms with E-state index >= 15 is 0 Å². The third-order valence-corrected chi connectivity index (χ3v) is 3.30. The molecule has 0 aromatic carbocycles. The van der Waals surface area contributed by atoms with Gasteiger partial charge < -0.3 is 15.0 Å². The van der Waals surface area contributed by atoms with Crippen molar-refractivity contribution in [3.63, 3.8) is 0 Å². The molecule has 7 heteroatoms. The number of thiazole rings is 1. The van der Waals surface area contributed by atoms with E-state index in [0.29, 0.717) is 19.5 Å². The number of nitrogens with zero attached hydrogens (tertiary/aromatic N) is 3. The minimum absolute atomic E-state index is 0.235. The minimum Gasteiger partial charge on any atom is -0.469 e. The van der Waals surface area contributed by atoms with E-state index in [0.717, 1.165) is 16.7 Å². The Morgan fingerprint density at radius 3 is 2.89 bits per heavy atom. The summed E-state index contributed by atoms with van der Waals surface area (Å²) in [7, 11) is 5.03. The Morgan fingerprint density at radius 2 is 2.37 bits per heavy atom. The van der Waals surface area contributed by atoms with Crippen molar-refractivity contribution in [2.45, 2.75) is 19.9 Å². The first-order valence-corrected chi connectivity index (χ1v) is 6.84. The van der Waals surface area contributed by atoms with Gasteiger partial charge in [-0.1, -0.05) is 0 Å². The maximum absolute atomic E-state index is 11.0. The molecule has 0 aliphatic rings. The fourth-order valence-electron chi connectivity index (χ4n) is 1.56. The summed E-state index contributed by atoms with van der Waals surface area (Å²) in [5.74, 6) is 0.496. The fraction of sp³-hybridized carbons (Fsp3) is 0.583. The third-order valence-electron chi connectivity index (χ3n) is 2.48. The van der Waals surface area contributed by atoms with Crippen LogP contribution in [0.3, 0.4) is 0 Å². The Balaban J connectivity index is 2.44. The average molecular weight is 284 g/mol. The molecule has 1 rings (SSSR count). The van der Waals surface area contributed by atoms with Gasteiger partial charge in [0.25, 0.3) is 0 Å². The van der Waals surface area contributed by atoms with E-state index in [1.54, 1.807) is 18.4 Å². The summed E-state index contributed by atoms with van der Waals surface area (Å²) in [6.45, 7) is 3.17. The van der Waals surface area contributed by atoms with Crippen molar-refractivity contribution >= 4 is 23.3 Å². The molecule has 0 bridgehead atoms. The van der Waals surface area contributed by atoms with Gasteiger partial charge in [-0.2, -0.15) is 0 Å². The van der Waals surface area contributed by atoms with Crippen molar-refractivity contribution in [3.8, 4) is 0 Å². The maximum Gasteiger partial charge on any atom is 0.307 e. The second-order valence-corrected chi connectivity index (χ2v) is 5.08. The molecular weight excluding hydrogens is 264 g/mol. The Bertz CT molecular complexity index is 445. The van der Waals surface area contributed by atoms with Gasteiger partial charge in [-0.25, -0.2) is 4.98 Å². The Kier molecular flexibility index (Phi) is 6.27. The van der Waals surface area contributed by atoms with Gasteiger partial charge in [0.15, 0.2) is 5.96 Å². The first-order valence-electron chi connectivity index (χ1n) is 5.96. The van der Waals surface area contributed by atoms with E-state index in [1.807, 2.05) is 24.3 Å². The van der Waals surface area contributed by atoms with Gasteiger partial charge in [0.2, 0.25) is 0 Å². The van der Waals surface area contributed by atoms with Crippen LogP contribution in [0.1, 0.15) is 17.1 Å². The first kappa shape index (κ1) is 15.4. The standard InChI is InChI=1S/C12H20N4O2S/c1-9-15-10(8-19-9)7-16(3)12(13-2)14-6-5-11(17)18-4/h8H,5-7H2,1-4H3,(H,13,14). The van der Waals surface area contributed by atoms with Crippen LogP contribution in [0.2, 0.25) is 0 Å². The molecule has 1 heterocycles. The van der Waals surface area contributed by atoms with Gasteiger partial charge in [-0.3, -0.25) is 9.79 Å². The lowest BCUT2D eigenvalue weighted by Crippen LogP contribution is -2.39. The Hall–Kier alpha value is -1.63. The summed E-state index contributed by atoms with van der Waals surface area (Å²) < 4.78 is 4.58. The molecule has 19 heavy (non-hydrogen) atoms. The van der Waals surface area contributed by atoms with E-state index in [1.165, 1.54) is 7.11 Å². The minimum atomic E-state index is -0.235. The van der Waals surface area contributed by atoms with Gasteiger partial charge in [-0.15, -0.1) is 11.3 Å².